The van der Waals surface area contributed by atoms with Gasteiger partial charge in [-0.1, -0.05) is 60.7 Å². The van der Waals surface area contributed by atoms with E-state index in [9.17, 15) is 4.79 Å². The molecule has 0 saturated heterocycles. The summed E-state index contributed by atoms with van der Waals surface area (Å²) < 4.78 is 17.5. The first-order chi connectivity index (χ1) is 19.6. The van der Waals surface area contributed by atoms with Gasteiger partial charge in [-0.2, -0.15) is 0 Å². The quantitative estimate of drug-likeness (QED) is 0.261. The van der Waals surface area contributed by atoms with Crippen molar-refractivity contribution in [1.29, 1.82) is 0 Å². The molecule has 1 aliphatic carbocycles. The summed E-state index contributed by atoms with van der Waals surface area (Å²) in [7, 11) is 3.31. The number of Topliss-reactive ketones (excluding diaryl/α,β-unsaturated/α-hetero) is 1. The van der Waals surface area contributed by atoms with Crippen molar-refractivity contribution in [2.45, 2.75) is 31.4 Å². The fourth-order valence-electron chi connectivity index (χ4n) is 5.69. The zero-order valence-electron chi connectivity index (χ0n) is 22.6. The standard InChI is InChI=1S/C34H32N2O4/c1-38-24-16-17-31(39-2)26(20-24)23-18-29-33(30(37)19-23)34(36-28-14-8-7-13-27(28)35-29)25-12-6-9-15-32(25)40-21-22-10-4-3-5-11-22/h3-17,20,23,34-36H,18-19,21H2,1-2H3. The van der Waals surface area contributed by atoms with Crippen molar-refractivity contribution in [1.82, 2.24) is 0 Å². The number of hydrogen-bond acceptors (Lipinski definition) is 6. The molecule has 2 aliphatic rings. The molecule has 0 bridgehead atoms. The maximum Gasteiger partial charge on any atom is 0.163 e. The lowest BCUT2D eigenvalue weighted by Crippen LogP contribution is -2.27. The molecule has 0 fully saturated rings. The first-order valence-electron chi connectivity index (χ1n) is 13.5. The van der Waals surface area contributed by atoms with Gasteiger partial charge in [0.05, 0.1) is 31.6 Å². The van der Waals surface area contributed by atoms with E-state index in [-0.39, 0.29) is 17.7 Å². The molecular formula is C34H32N2O4. The molecule has 0 spiro atoms. The fraction of sp³-hybridized carbons (Fsp3) is 0.206. The first kappa shape index (κ1) is 25.6. The Morgan fingerprint density at radius 2 is 1.50 bits per heavy atom. The fourth-order valence-corrected chi connectivity index (χ4v) is 5.69. The Bertz CT molecular complexity index is 1560. The van der Waals surface area contributed by atoms with Crippen LogP contribution in [-0.2, 0) is 11.4 Å². The third-order valence-corrected chi connectivity index (χ3v) is 7.65. The van der Waals surface area contributed by atoms with Crippen LogP contribution in [0.5, 0.6) is 17.2 Å². The Morgan fingerprint density at radius 1 is 0.750 bits per heavy atom. The van der Waals surface area contributed by atoms with Crippen molar-refractivity contribution in [2.75, 3.05) is 24.9 Å². The lowest BCUT2D eigenvalue weighted by Gasteiger charge is -2.31. The summed E-state index contributed by atoms with van der Waals surface area (Å²) in [5.41, 5.74) is 6.50. The second-order valence-electron chi connectivity index (χ2n) is 10.1. The van der Waals surface area contributed by atoms with Crippen molar-refractivity contribution in [3.8, 4) is 17.2 Å². The lowest BCUT2D eigenvalue weighted by atomic mass is 9.78. The molecule has 2 N–H and O–H groups in total. The minimum Gasteiger partial charge on any atom is -0.497 e. The van der Waals surface area contributed by atoms with Crippen LogP contribution in [0.3, 0.4) is 0 Å². The number of carbonyl (C=O) groups is 1. The van der Waals surface area contributed by atoms with Gasteiger partial charge >= 0.3 is 0 Å². The molecule has 0 saturated carbocycles. The van der Waals surface area contributed by atoms with E-state index in [0.29, 0.717) is 19.4 Å². The number of nitrogens with one attached hydrogen (secondary N) is 2. The van der Waals surface area contributed by atoms with Crippen molar-refractivity contribution in [3.63, 3.8) is 0 Å². The van der Waals surface area contributed by atoms with Gasteiger partial charge in [-0.3, -0.25) is 4.79 Å². The van der Waals surface area contributed by atoms with E-state index in [1.165, 1.54) is 0 Å². The molecule has 40 heavy (non-hydrogen) atoms. The second kappa shape index (κ2) is 11.2. The Hall–Kier alpha value is -4.71. The molecule has 1 heterocycles. The molecule has 202 valence electrons. The van der Waals surface area contributed by atoms with Crippen molar-refractivity contribution >= 4 is 17.2 Å². The Labute approximate surface area is 234 Å². The van der Waals surface area contributed by atoms with Gasteiger partial charge in [-0.05, 0) is 48.4 Å². The van der Waals surface area contributed by atoms with Crippen molar-refractivity contribution in [3.05, 3.63) is 125 Å². The summed E-state index contributed by atoms with van der Waals surface area (Å²) in [6.45, 7) is 0.441. The maximum atomic E-state index is 14.1. The summed E-state index contributed by atoms with van der Waals surface area (Å²) in [5.74, 6) is 2.28. The van der Waals surface area contributed by atoms with Gasteiger partial charge in [-0.15, -0.1) is 0 Å². The zero-order valence-corrected chi connectivity index (χ0v) is 22.6. The van der Waals surface area contributed by atoms with Crippen LogP contribution in [0.25, 0.3) is 0 Å². The van der Waals surface area contributed by atoms with Crippen LogP contribution in [0.1, 0.15) is 41.5 Å². The van der Waals surface area contributed by atoms with Crippen molar-refractivity contribution < 1.29 is 19.0 Å². The highest BCUT2D eigenvalue weighted by atomic mass is 16.5. The number of hydrogen-bond donors (Lipinski definition) is 2. The van der Waals surface area contributed by atoms with Gasteiger partial charge in [0.2, 0.25) is 0 Å². The first-order valence-corrected chi connectivity index (χ1v) is 13.5. The molecule has 0 radical (unpaired) electrons. The highest BCUT2D eigenvalue weighted by Gasteiger charge is 2.37. The molecule has 4 aromatic rings. The molecule has 2 atom stereocenters. The summed E-state index contributed by atoms with van der Waals surface area (Å²) >= 11 is 0. The average Bonchev–Trinajstić information content (AvgIpc) is 3.17. The Morgan fingerprint density at radius 3 is 2.30 bits per heavy atom. The molecule has 4 aromatic carbocycles. The number of ketones is 1. The lowest BCUT2D eigenvalue weighted by molar-refractivity contribution is -0.116. The topological polar surface area (TPSA) is 68.8 Å². The number of methoxy groups -OCH3 is 2. The molecular weight excluding hydrogens is 500 g/mol. The van der Waals surface area contributed by atoms with Crippen LogP contribution in [0.4, 0.5) is 11.4 Å². The van der Waals surface area contributed by atoms with Crippen LogP contribution in [0, 0.1) is 0 Å². The van der Waals surface area contributed by atoms with Crippen LogP contribution < -0.4 is 24.8 Å². The van der Waals surface area contributed by atoms with Gasteiger partial charge in [0, 0.05) is 34.7 Å². The normalized spacial score (nSPS) is 18.0. The highest BCUT2D eigenvalue weighted by Crippen LogP contribution is 2.47. The number of allylic oxidation sites excluding steroid dienone is 1. The van der Waals surface area contributed by atoms with E-state index in [2.05, 4.69) is 10.6 Å². The number of anilines is 2. The minimum atomic E-state index is -0.376. The van der Waals surface area contributed by atoms with Gasteiger partial charge in [0.1, 0.15) is 23.9 Å². The van der Waals surface area contributed by atoms with E-state index in [0.717, 1.165) is 56.6 Å². The number of rotatable bonds is 7. The average molecular weight is 533 g/mol. The van der Waals surface area contributed by atoms with Gasteiger partial charge in [0.25, 0.3) is 0 Å². The van der Waals surface area contributed by atoms with Gasteiger partial charge in [-0.25, -0.2) is 0 Å². The predicted molar refractivity (Wildman–Crippen MR) is 157 cm³/mol. The van der Waals surface area contributed by atoms with Crippen molar-refractivity contribution in [2.24, 2.45) is 0 Å². The monoisotopic (exact) mass is 532 g/mol. The smallest absolute Gasteiger partial charge is 0.163 e. The third-order valence-electron chi connectivity index (χ3n) is 7.65. The summed E-state index contributed by atoms with van der Waals surface area (Å²) in [6, 6.07) is 31.5. The number of benzene rings is 4. The zero-order chi connectivity index (χ0) is 27.5. The predicted octanol–water partition coefficient (Wildman–Crippen LogP) is 7.26. The Kier molecular flexibility index (Phi) is 7.15. The summed E-state index contributed by atoms with van der Waals surface area (Å²) in [4.78, 5) is 14.1. The van der Waals surface area contributed by atoms with E-state index in [4.69, 9.17) is 14.2 Å². The highest BCUT2D eigenvalue weighted by molar-refractivity contribution is 6.01. The number of fused-ring (bicyclic) bond motifs is 1. The summed E-state index contributed by atoms with van der Waals surface area (Å²) in [5, 5.41) is 7.29. The maximum absolute atomic E-state index is 14.1. The Balaban J connectivity index is 1.41. The second-order valence-corrected chi connectivity index (χ2v) is 10.1. The van der Waals surface area contributed by atoms with E-state index >= 15 is 0 Å². The molecule has 0 aromatic heterocycles. The van der Waals surface area contributed by atoms with Gasteiger partial charge in [0.15, 0.2) is 5.78 Å². The molecule has 1 aliphatic heterocycles. The van der Waals surface area contributed by atoms with Crippen LogP contribution in [-0.4, -0.2) is 20.0 Å². The SMILES string of the molecule is COc1ccc(OC)c(C2CC(=O)C3=C(C2)Nc2ccccc2NC3c2ccccc2OCc2ccccc2)c1. The largest absolute Gasteiger partial charge is 0.497 e. The molecule has 6 nitrogen and oxygen atoms in total. The molecule has 6 heteroatoms. The minimum absolute atomic E-state index is 0.0562. The van der Waals surface area contributed by atoms with Gasteiger partial charge < -0.3 is 24.8 Å². The molecule has 0 amide bonds. The summed E-state index contributed by atoms with van der Waals surface area (Å²) in [6.07, 6.45) is 1.02. The number of para-hydroxylation sites is 3. The van der Waals surface area contributed by atoms with E-state index in [1.54, 1.807) is 14.2 Å². The third kappa shape index (κ3) is 5.00. The molecule has 2 unspecified atom stereocenters. The van der Waals surface area contributed by atoms with E-state index in [1.807, 2.05) is 97.1 Å². The van der Waals surface area contributed by atoms with Crippen LogP contribution >= 0.6 is 0 Å². The number of carbonyl (C=O) groups excluding carboxylic acids is 1. The number of ether oxygens (including phenoxy) is 3. The van der Waals surface area contributed by atoms with E-state index < -0.39 is 0 Å². The van der Waals surface area contributed by atoms with Crippen LogP contribution in [0.15, 0.2) is 108 Å². The van der Waals surface area contributed by atoms with Crippen LogP contribution in [0.2, 0.25) is 0 Å². The molecule has 6 rings (SSSR count).